The van der Waals surface area contributed by atoms with Crippen LogP contribution in [0.1, 0.15) is 32.1 Å². The minimum atomic E-state index is 0.788. The summed E-state index contributed by atoms with van der Waals surface area (Å²) < 4.78 is 0. The van der Waals surface area contributed by atoms with Crippen molar-refractivity contribution in [3.05, 3.63) is 6.92 Å². The molecule has 1 fully saturated rings. The summed E-state index contributed by atoms with van der Waals surface area (Å²) in [5.41, 5.74) is 0. The van der Waals surface area contributed by atoms with Crippen molar-refractivity contribution in [3.63, 3.8) is 0 Å². The summed E-state index contributed by atoms with van der Waals surface area (Å²) in [7, 11) is 0. The molecule has 0 aromatic rings. The molecule has 1 heteroatoms. The lowest BCUT2D eigenvalue weighted by Gasteiger charge is -2.21. The molecule has 0 atom stereocenters. The van der Waals surface area contributed by atoms with Crippen LogP contribution in [0.3, 0.4) is 0 Å². The largest absolute Gasteiger partial charge is 0.314 e. The smallest absolute Gasteiger partial charge is 0.00670 e. The van der Waals surface area contributed by atoms with Gasteiger partial charge in [-0.25, -0.2) is 0 Å². The van der Waals surface area contributed by atoms with E-state index in [2.05, 4.69) is 12.2 Å². The summed E-state index contributed by atoms with van der Waals surface area (Å²) in [4.78, 5) is 0. The fourth-order valence-electron chi connectivity index (χ4n) is 1.51. The Morgan fingerprint density at radius 2 is 1.89 bits per heavy atom. The van der Waals surface area contributed by atoms with Crippen molar-refractivity contribution in [3.8, 4) is 0 Å². The number of hydrogen-bond acceptors (Lipinski definition) is 1. The predicted octanol–water partition coefficient (Wildman–Crippen LogP) is 1.74. The molecule has 1 aliphatic carbocycles. The first kappa shape index (κ1) is 7.07. The van der Waals surface area contributed by atoms with E-state index in [1.54, 1.807) is 0 Å². The van der Waals surface area contributed by atoms with Gasteiger partial charge in [0.05, 0.1) is 0 Å². The van der Waals surface area contributed by atoms with Crippen LogP contribution in [0.15, 0.2) is 0 Å². The van der Waals surface area contributed by atoms with Gasteiger partial charge < -0.3 is 5.32 Å². The number of nitrogens with one attached hydrogen (secondary N) is 1. The van der Waals surface area contributed by atoms with Crippen molar-refractivity contribution in [1.82, 2.24) is 5.32 Å². The fraction of sp³-hybridized carbons (Fsp3) is 0.875. The van der Waals surface area contributed by atoms with Gasteiger partial charge in [-0.15, -0.1) is 0 Å². The summed E-state index contributed by atoms with van der Waals surface area (Å²) in [6.45, 7) is 4.66. The maximum Gasteiger partial charge on any atom is 0.00670 e. The maximum absolute atomic E-state index is 3.77. The number of rotatable bonds is 2. The van der Waals surface area contributed by atoms with Gasteiger partial charge in [0, 0.05) is 6.04 Å². The summed E-state index contributed by atoms with van der Waals surface area (Å²) >= 11 is 0. The quantitative estimate of drug-likeness (QED) is 0.594. The van der Waals surface area contributed by atoms with Crippen LogP contribution in [0, 0.1) is 6.92 Å². The minimum Gasteiger partial charge on any atom is -0.314 e. The Bertz CT molecular complexity index is 62.2. The molecule has 1 saturated carbocycles. The Morgan fingerprint density at radius 3 is 2.44 bits per heavy atom. The Labute approximate surface area is 57.8 Å². The van der Waals surface area contributed by atoms with Gasteiger partial charge in [0.2, 0.25) is 0 Å². The molecule has 0 unspecified atom stereocenters. The van der Waals surface area contributed by atoms with E-state index in [-0.39, 0.29) is 0 Å². The molecule has 9 heavy (non-hydrogen) atoms. The second-order valence-electron chi connectivity index (χ2n) is 2.79. The highest BCUT2D eigenvalue weighted by molar-refractivity contribution is 4.71. The van der Waals surface area contributed by atoms with E-state index in [9.17, 15) is 0 Å². The third-order valence-electron chi connectivity index (χ3n) is 2.04. The summed E-state index contributed by atoms with van der Waals surface area (Å²) in [6.07, 6.45) is 7.01. The molecule has 0 bridgehead atoms. The van der Waals surface area contributed by atoms with Crippen LogP contribution in [0.4, 0.5) is 0 Å². The third-order valence-corrected chi connectivity index (χ3v) is 2.04. The zero-order chi connectivity index (χ0) is 6.53. The van der Waals surface area contributed by atoms with Crippen LogP contribution in [-0.2, 0) is 0 Å². The van der Waals surface area contributed by atoms with E-state index in [0.717, 1.165) is 12.6 Å². The molecule has 0 aromatic carbocycles. The normalized spacial score (nSPS) is 22.3. The average molecular weight is 126 g/mol. The van der Waals surface area contributed by atoms with Crippen LogP contribution in [0.25, 0.3) is 0 Å². The lowest BCUT2D eigenvalue weighted by atomic mass is 9.96. The van der Waals surface area contributed by atoms with Crippen molar-refractivity contribution in [2.75, 3.05) is 6.54 Å². The van der Waals surface area contributed by atoms with Crippen LogP contribution in [-0.4, -0.2) is 12.6 Å². The molecular formula is C8H16N. The SMILES string of the molecule is [CH2]CNC1CCCCC1. The van der Waals surface area contributed by atoms with Crippen LogP contribution >= 0.6 is 0 Å². The van der Waals surface area contributed by atoms with Crippen molar-refractivity contribution in [1.29, 1.82) is 0 Å². The average Bonchev–Trinajstić information content (AvgIpc) is 1.91. The molecule has 53 valence electrons. The van der Waals surface area contributed by atoms with Gasteiger partial charge >= 0.3 is 0 Å². The molecule has 0 heterocycles. The Hall–Kier alpha value is -0.0400. The standard InChI is InChI=1S/C8H16N/c1-2-9-8-6-4-3-5-7-8/h8-9H,1-7H2. The predicted molar refractivity (Wildman–Crippen MR) is 40.2 cm³/mol. The molecule has 0 aliphatic heterocycles. The fourth-order valence-corrected chi connectivity index (χ4v) is 1.51. The molecule has 0 amide bonds. The van der Waals surface area contributed by atoms with E-state index in [1.165, 1.54) is 32.1 Å². The van der Waals surface area contributed by atoms with Crippen LogP contribution < -0.4 is 5.32 Å². The third kappa shape index (κ3) is 2.35. The van der Waals surface area contributed by atoms with Crippen molar-refractivity contribution >= 4 is 0 Å². The molecule has 1 rings (SSSR count). The minimum absolute atomic E-state index is 0.788. The van der Waals surface area contributed by atoms with Gasteiger partial charge in [-0.2, -0.15) is 0 Å². The molecule has 1 radical (unpaired) electrons. The Balaban J connectivity index is 2.08. The summed E-state index contributed by atoms with van der Waals surface area (Å²) in [5.74, 6) is 0. The number of hydrogen-bond donors (Lipinski definition) is 1. The highest BCUT2D eigenvalue weighted by Gasteiger charge is 2.10. The van der Waals surface area contributed by atoms with E-state index in [4.69, 9.17) is 0 Å². The first-order valence-corrected chi connectivity index (χ1v) is 3.96. The second-order valence-corrected chi connectivity index (χ2v) is 2.79. The molecular weight excluding hydrogens is 110 g/mol. The molecule has 1 nitrogen and oxygen atoms in total. The van der Waals surface area contributed by atoms with Crippen molar-refractivity contribution in [2.45, 2.75) is 38.1 Å². The van der Waals surface area contributed by atoms with Crippen molar-refractivity contribution in [2.24, 2.45) is 0 Å². The van der Waals surface area contributed by atoms with E-state index in [1.807, 2.05) is 0 Å². The molecule has 0 saturated heterocycles. The molecule has 0 spiro atoms. The van der Waals surface area contributed by atoms with Crippen LogP contribution in [0.2, 0.25) is 0 Å². The molecule has 1 N–H and O–H groups in total. The highest BCUT2D eigenvalue weighted by atomic mass is 14.9. The topological polar surface area (TPSA) is 12.0 Å². The van der Waals surface area contributed by atoms with Crippen molar-refractivity contribution < 1.29 is 0 Å². The van der Waals surface area contributed by atoms with Gasteiger partial charge in [0.1, 0.15) is 0 Å². The first-order valence-electron chi connectivity index (χ1n) is 3.96. The first-order chi connectivity index (χ1) is 4.43. The van der Waals surface area contributed by atoms with E-state index < -0.39 is 0 Å². The van der Waals surface area contributed by atoms with E-state index in [0.29, 0.717) is 0 Å². The van der Waals surface area contributed by atoms with Crippen LogP contribution in [0.5, 0.6) is 0 Å². The maximum atomic E-state index is 3.77. The second kappa shape index (κ2) is 3.89. The van der Waals surface area contributed by atoms with Gasteiger partial charge in [-0.05, 0) is 26.3 Å². The van der Waals surface area contributed by atoms with Gasteiger partial charge in [0.15, 0.2) is 0 Å². The van der Waals surface area contributed by atoms with E-state index >= 15 is 0 Å². The molecule has 0 aromatic heterocycles. The summed E-state index contributed by atoms with van der Waals surface area (Å²) in [6, 6.07) is 0.788. The lowest BCUT2D eigenvalue weighted by Crippen LogP contribution is -2.30. The van der Waals surface area contributed by atoms with Gasteiger partial charge in [-0.1, -0.05) is 19.3 Å². The highest BCUT2D eigenvalue weighted by Crippen LogP contribution is 2.16. The zero-order valence-corrected chi connectivity index (χ0v) is 6.03. The van der Waals surface area contributed by atoms with Gasteiger partial charge in [0.25, 0.3) is 0 Å². The summed E-state index contributed by atoms with van der Waals surface area (Å²) in [5, 5.41) is 3.37. The Kier molecular flexibility index (Phi) is 3.05. The Morgan fingerprint density at radius 1 is 1.22 bits per heavy atom. The zero-order valence-electron chi connectivity index (χ0n) is 6.03. The monoisotopic (exact) mass is 126 g/mol. The molecule has 1 aliphatic rings. The lowest BCUT2D eigenvalue weighted by molar-refractivity contribution is 0.384. The van der Waals surface area contributed by atoms with Gasteiger partial charge in [-0.3, -0.25) is 0 Å².